The van der Waals surface area contributed by atoms with E-state index in [1.54, 1.807) is 6.07 Å². The summed E-state index contributed by atoms with van der Waals surface area (Å²) in [5.41, 5.74) is 0. The Kier molecular flexibility index (Phi) is 2.68. The Balaban J connectivity index is 2.09. The largest absolute Gasteiger partial charge is 0.458 e. The highest BCUT2D eigenvalue weighted by Crippen LogP contribution is 2.19. The second kappa shape index (κ2) is 3.96. The molecule has 0 aliphatic carbocycles. The first-order valence-electron chi connectivity index (χ1n) is 5.06. The lowest BCUT2D eigenvalue weighted by Crippen LogP contribution is -2.18. The molecule has 1 aliphatic rings. The molecular formula is C11H14O3. The van der Waals surface area contributed by atoms with Crippen LogP contribution in [0.2, 0.25) is 0 Å². The fraction of sp³-hybridized carbons (Fsp3) is 0.545. The SMILES string of the molecule is CCc1ccc(C(=O)C2CCCO2)o1. The predicted octanol–water partition coefficient (Wildman–Crippen LogP) is 2.20. The molecule has 0 saturated carbocycles. The van der Waals surface area contributed by atoms with E-state index in [4.69, 9.17) is 9.15 Å². The van der Waals surface area contributed by atoms with Gasteiger partial charge in [-0.15, -0.1) is 0 Å². The van der Waals surface area contributed by atoms with Crippen LogP contribution in [0, 0.1) is 0 Å². The third-order valence-electron chi connectivity index (χ3n) is 2.48. The van der Waals surface area contributed by atoms with Gasteiger partial charge >= 0.3 is 0 Å². The molecular weight excluding hydrogens is 180 g/mol. The molecule has 0 N–H and O–H groups in total. The molecule has 3 heteroatoms. The Morgan fingerprint density at radius 3 is 3.00 bits per heavy atom. The number of hydrogen-bond acceptors (Lipinski definition) is 3. The van der Waals surface area contributed by atoms with Crippen LogP contribution in [0.1, 0.15) is 36.1 Å². The second-order valence-electron chi connectivity index (χ2n) is 3.49. The van der Waals surface area contributed by atoms with Crippen LogP contribution >= 0.6 is 0 Å². The van der Waals surface area contributed by atoms with Gasteiger partial charge in [0.25, 0.3) is 0 Å². The number of rotatable bonds is 3. The summed E-state index contributed by atoms with van der Waals surface area (Å²) in [5.74, 6) is 1.28. The zero-order valence-electron chi connectivity index (χ0n) is 8.29. The van der Waals surface area contributed by atoms with Gasteiger partial charge in [-0.05, 0) is 25.0 Å². The molecule has 3 nitrogen and oxygen atoms in total. The third-order valence-corrected chi connectivity index (χ3v) is 2.48. The summed E-state index contributed by atoms with van der Waals surface area (Å²) < 4.78 is 10.7. The van der Waals surface area contributed by atoms with Gasteiger partial charge in [0.05, 0.1) is 0 Å². The molecule has 0 amide bonds. The van der Waals surface area contributed by atoms with E-state index in [0.717, 1.165) is 25.0 Å². The molecule has 14 heavy (non-hydrogen) atoms. The van der Waals surface area contributed by atoms with Gasteiger partial charge in [-0.2, -0.15) is 0 Å². The standard InChI is InChI=1S/C11H14O3/c1-2-8-5-6-10(14-8)11(12)9-4-3-7-13-9/h5-6,9H,2-4,7H2,1H3. The first kappa shape index (κ1) is 9.46. The predicted molar refractivity (Wildman–Crippen MR) is 51.4 cm³/mol. The molecule has 1 aromatic heterocycles. The molecule has 0 aromatic carbocycles. The summed E-state index contributed by atoms with van der Waals surface area (Å²) >= 11 is 0. The smallest absolute Gasteiger partial charge is 0.226 e. The van der Waals surface area contributed by atoms with Crippen LogP contribution < -0.4 is 0 Å². The quantitative estimate of drug-likeness (QED) is 0.692. The van der Waals surface area contributed by atoms with Gasteiger partial charge < -0.3 is 9.15 Å². The molecule has 0 bridgehead atoms. The van der Waals surface area contributed by atoms with Crippen molar-refractivity contribution in [2.24, 2.45) is 0 Å². The molecule has 1 unspecified atom stereocenters. The Morgan fingerprint density at radius 2 is 2.43 bits per heavy atom. The Labute approximate surface area is 83.0 Å². The van der Waals surface area contributed by atoms with Crippen LogP contribution in [0.25, 0.3) is 0 Å². The highest BCUT2D eigenvalue weighted by Gasteiger charge is 2.26. The number of Topliss-reactive ketones (excluding diaryl/α,β-unsaturated/α-hetero) is 1. The summed E-state index contributed by atoms with van der Waals surface area (Å²) in [4.78, 5) is 11.8. The lowest BCUT2D eigenvalue weighted by molar-refractivity contribution is 0.0614. The van der Waals surface area contributed by atoms with Gasteiger partial charge in [0.15, 0.2) is 5.76 Å². The molecule has 1 aromatic rings. The zero-order valence-corrected chi connectivity index (χ0v) is 8.29. The van der Waals surface area contributed by atoms with E-state index >= 15 is 0 Å². The molecule has 1 saturated heterocycles. The van der Waals surface area contributed by atoms with Gasteiger partial charge in [0.1, 0.15) is 11.9 Å². The molecule has 1 atom stereocenters. The number of ketones is 1. The maximum absolute atomic E-state index is 11.8. The summed E-state index contributed by atoms with van der Waals surface area (Å²) in [6, 6.07) is 3.59. The maximum atomic E-state index is 11.8. The van der Waals surface area contributed by atoms with E-state index in [0.29, 0.717) is 12.4 Å². The van der Waals surface area contributed by atoms with Crippen LogP contribution in [0.5, 0.6) is 0 Å². The minimum atomic E-state index is -0.272. The van der Waals surface area contributed by atoms with Gasteiger partial charge in [-0.3, -0.25) is 4.79 Å². The van der Waals surface area contributed by atoms with E-state index in [1.165, 1.54) is 0 Å². The van der Waals surface area contributed by atoms with E-state index in [9.17, 15) is 4.79 Å². The Bertz CT molecular complexity index is 321. The van der Waals surface area contributed by atoms with Crippen molar-refractivity contribution in [3.8, 4) is 0 Å². The van der Waals surface area contributed by atoms with Gasteiger partial charge in [-0.25, -0.2) is 0 Å². The van der Waals surface area contributed by atoms with Crippen LogP contribution in [0.4, 0.5) is 0 Å². The molecule has 0 spiro atoms. The van der Waals surface area contributed by atoms with E-state index in [1.807, 2.05) is 13.0 Å². The third kappa shape index (κ3) is 1.73. The van der Waals surface area contributed by atoms with Crippen molar-refractivity contribution in [1.29, 1.82) is 0 Å². The van der Waals surface area contributed by atoms with E-state index in [-0.39, 0.29) is 11.9 Å². The number of furan rings is 1. The number of carbonyl (C=O) groups is 1. The monoisotopic (exact) mass is 194 g/mol. The van der Waals surface area contributed by atoms with Gasteiger partial charge in [-0.1, -0.05) is 6.92 Å². The average Bonchev–Trinajstić information content (AvgIpc) is 2.88. The number of carbonyl (C=O) groups excluding carboxylic acids is 1. The minimum Gasteiger partial charge on any atom is -0.458 e. The van der Waals surface area contributed by atoms with E-state index < -0.39 is 0 Å². The summed E-state index contributed by atoms with van der Waals surface area (Å²) in [5, 5.41) is 0. The van der Waals surface area contributed by atoms with Crippen molar-refractivity contribution >= 4 is 5.78 Å². The molecule has 1 aliphatic heterocycles. The molecule has 76 valence electrons. The van der Waals surface area contributed by atoms with Gasteiger partial charge in [0, 0.05) is 13.0 Å². The van der Waals surface area contributed by atoms with Crippen LogP contribution in [0.3, 0.4) is 0 Å². The van der Waals surface area contributed by atoms with Crippen molar-refractivity contribution in [3.05, 3.63) is 23.7 Å². The van der Waals surface area contributed by atoms with Crippen molar-refractivity contribution in [2.45, 2.75) is 32.3 Å². The fourth-order valence-electron chi connectivity index (χ4n) is 1.64. The minimum absolute atomic E-state index is 0.0119. The number of aryl methyl sites for hydroxylation is 1. The van der Waals surface area contributed by atoms with Crippen LogP contribution in [-0.2, 0) is 11.2 Å². The first-order chi connectivity index (χ1) is 6.81. The highest BCUT2D eigenvalue weighted by molar-refractivity contribution is 5.97. The normalized spacial score (nSPS) is 21.4. The fourth-order valence-corrected chi connectivity index (χ4v) is 1.64. The lowest BCUT2D eigenvalue weighted by Gasteiger charge is -2.04. The number of ether oxygens (including phenoxy) is 1. The molecule has 2 heterocycles. The average molecular weight is 194 g/mol. The van der Waals surface area contributed by atoms with Crippen molar-refractivity contribution in [1.82, 2.24) is 0 Å². The van der Waals surface area contributed by atoms with Gasteiger partial charge in [0.2, 0.25) is 5.78 Å². The zero-order chi connectivity index (χ0) is 9.97. The highest BCUT2D eigenvalue weighted by atomic mass is 16.5. The second-order valence-corrected chi connectivity index (χ2v) is 3.49. The topological polar surface area (TPSA) is 39.4 Å². The number of hydrogen-bond donors (Lipinski definition) is 0. The maximum Gasteiger partial charge on any atom is 0.226 e. The Morgan fingerprint density at radius 1 is 1.57 bits per heavy atom. The molecule has 0 radical (unpaired) electrons. The first-order valence-corrected chi connectivity index (χ1v) is 5.06. The van der Waals surface area contributed by atoms with E-state index in [2.05, 4.69) is 0 Å². The van der Waals surface area contributed by atoms with Crippen molar-refractivity contribution < 1.29 is 13.9 Å². The molecule has 2 rings (SSSR count). The van der Waals surface area contributed by atoms with Crippen molar-refractivity contribution in [2.75, 3.05) is 6.61 Å². The summed E-state index contributed by atoms with van der Waals surface area (Å²) in [7, 11) is 0. The summed E-state index contributed by atoms with van der Waals surface area (Å²) in [6.07, 6.45) is 2.34. The van der Waals surface area contributed by atoms with Crippen LogP contribution in [0.15, 0.2) is 16.5 Å². The van der Waals surface area contributed by atoms with Crippen LogP contribution in [-0.4, -0.2) is 18.5 Å². The lowest BCUT2D eigenvalue weighted by atomic mass is 10.1. The summed E-state index contributed by atoms with van der Waals surface area (Å²) in [6.45, 7) is 2.69. The Hall–Kier alpha value is -1.09. The molecule has 1 fully saturated rings. The van der Waals surface area contributed by atoms with Crippen molar-refractivity contribution in [3.63, 3.8) is 0 Å².